The summed E-state index contributed by atoms with van der Waals surface area (Å²) in [6, 6.07) is 7.47. The van der Waals surface area contributed by atoms with Crippen LogP contribution in [0.3, 0.4) is 0 Å². The lowest BCUT2D eigenvalue weighted by Gasteiger charge is -2.19. The molecule has 1 atom stereocenters. The van der Waals surface area contributed by atoms with Gasteiger partial charge < -0.3 is 14.8 Å². The first kappa shape index (κ1) is 21.9. The van der Waals surface area contributed by atoms with Crippen LogP contribution in [0.2, 0.25) is 0 Å². The first-order chi connectivity index (χ1) is 14.0. The van der Waals surface area contributed by atoms with Crippen molar-refractivity contribution < 1.29 is 14.4 Å². The van der Waals surface area contributed by atoms with Crippen LogP contribution in [0.1, 0.15) is 19.8 Å². The topological polar surface area (TPSA) is 109 Å². The smallest absolute Gasteiger partial charge is 0.258 e. The highest BCUT2D eigenvalue weighted by molar-refractivity contribution is 7.85. The van der Waals surface area contributed by atoms with Crippen LogP contribution < -0.4 is 14.6 Å². The molecule has 2 N–H and O–H groups in total. The van der Waals surface area contributed by atoms with Crippen molar-refractivity contribution in [3.63, 3.8) is 0 Å². The summed E-state index contributed by atoms with van der Waals surface area (Å²) in [4.78, 5) is 21.7. The largest absolute Gasteiger partial charge is 0.489 e. The van der Waals surface area contributed by atoms with Gasteiger partial charge in [-0.1, -0.05) is 18.2 Å². The normalized spacial score (nSPS) is 14.2. The summed E-state index contributed by atoms with van der Waals surface area (Å²) < 4.78 is 21.4. The molecule has 1 aromatic carbocycles. The van der Waals surface area contributed by atoms with E-state index < -0.39 is 11.0 Å². The quantitative estimate of drug-likeness (QED) is 0.570. The van der Waals surface area contributed by atoms with Gasteiger partial charge in [0.05, 0.1) is 12.8 Å². The van der Waals surface area contributed by atoms with E-state index in [4.69, 9.17) is 9.72 Å². The fourth-order valence-corrected chi connectivity index (χ4v) is 4.00. The summed E-state index contributed by atoms with van der Waals surface area (Å²) in [5, 5.41) is 1.42. The molecular formula is C21H26N4O4S. The SMILES string of the molecule is CCN(c1ncc(OCC2CC2)c(-c2cn(C)c(=O)c3ccccc23)n1)S(C)=O.O. The molecule has 2 aromatic heterocycles. The van der Waals surface area contributed by atoms with Gasteiger partial charge in [0.15, 0.2) is 5.75 Å². The second-order valence-electron chi connectivity index (χ2n) is 7.26. The van der Waals surface area contributed by atoms with Crippen molar-refractivity contribution in [2.24, 2.45) is 13.0 Å². The van der Waals surface area contributed by atoms with Crippen LogP contribution in [0.15, 0.2) is 41.5 Å². The molecule has 1 saturated carbocycles. The fourth-order valence-electron chi connectivity index (χ4n) is 3.32. The number of anilines is 1. The number of aromatic nitrogens is 3. The molecule has 4 rings (SSSR count). The van der Waals surface area contributed by atoms with E-state index in [0.717, 1.165) is 10.9 Å². The monoisotopic (exact) mass is 430 g/mol. The van der Waals surface area contributed by atoms with E-state index in [1.165, 1.54) is 12.8 Å². The Balaban J connectivity index is 0.00000256. The predicted octanol–water partition coefficient (Wildman–Crippen LogP) is 2.08. The molecule has 0 amide bonds. The lowest BCUT2D eigenvalue weighted by Crippen LogP contribution is -2.26. The Bertz CT molecular complexity index is 1140. The average Bonchev–Trinajstić information content (AvgIpc) is 3.54. The van der Waals surface area contributed by atoms with Gasteiger partial charge in [-0.3, -0.25) is 9.10 Å². The molecule has 0 bridgehead atoms. The molecular weight excluding hydrogens is 404 g/mol. The number of nitrogens with zero attached hydrogens (tertiary/aromatic N) is 4. The molecule has 0 radical (unpaired) electrons. The highest BCUT2D eigenvalue weighted by Crippen LogP contribution is 2.35. The Labute approximate surface area is 177 Å². The Hall–Kier alpha value is -2.78. The van der Waals surface area contributed by atoms with Crippen molar-refractivity contribution in [2.75, 3.05) is 23.7 Å². The Morgan fingerprint density at radius 3 is 2.60 bits per heavy atom. The van der Waals surface area contributed by atoms with Crippen LogP contribution in [0, 0.1) is 5.92 Å². The van der Waals surface area contributed by atoms with Gasteiger partial charge in [0, 0.05) is 37.0 Å². The van der Waals surface area contributed by atoms with Crippen molar-refractivity contribution in [3.05, 3.63) is 47.0 Å². The van der Waals surface area contributed by atoms with Crippen LogP contribution in [0.4, 0.5) is 5.95 Å². The number of hydrogen-bond donors (Lipinski definition) is 0. The van der Waals surface area contributed by atoms with Gasteiger partial charge >= 0.3 is 0 Å². The first-order valence-electron chi connectivity index (χ1n) is 9.69. The molecule has 2 heterocycles. The van der Waals surface area contributed by atoms with Gasteiger partial charge in [-0.25, -0.2) is 14.2 Å². The molecule has 3 aromatic rings. The standard InChI is InChI=1S/C21H24N4O3S.H2O/c1-4-25(29(3)27)21-22-11-18(28-13-14-9-10-14)19(23-21)17-12-24(2)20(26)16-8-6-5-7-15(16)17;/h5-8,11-12,14H,4,9-10,13H2,1-3H3;1H2. The summed E-state index contributed by atoms with van der Waals surface area (Å²) in [6.07, 6.45) is 7.38. The van der Waals surface area contributed by atoms with Crippen molar-refractivity contribution in [1.29, 1.82) is 0 Å². The average molecular weight is 431 g/mol. The maximum Gasteiger partial charge on any atom is 0.258 e. The maximum absolute atomic E-state index is 12.6. The summed E-state index contributed by atoms with van der Waals surface area (Å²) in [6.45, 7) is 3.04. The van der Waals surface area contributed by atoms with Gasteiger partial charge in [0.25, 0.3) is 5.56 Å². The van der Waals surface area contributed by atoms with Crippen molar-refractivity contribution in [1.82, 2.24) is 14.5 Å². The van der Waals surface area contributed by atoms with E-state index in [0.29, 0.717) is 41.8 Å². The number of aryl methyl sites for hydroxylation is 1. The van der Waals surface area contributed by atoms with Crippen LogP contribution in [0.25, 0.3) is 22.0 Å². The molecule has 0 saturated heterocycles. The van der Waals surface area contributed by atoms with Crippen molar-refractivity contribution in [2.45, 2.75) is 19.8 Å². The molecule has 1 aliphatic carbocycles. The van der Waals surface area contributed by atoms with E-state index in [1.54, 1.807) is 34.6 Å². The zero-order valence-electron chi connectivity index (χ0n) is 17.3. The molecule has 0 spiro atoms. The van der Waals surface area contributed by atoms with Crippen LogP contribution in [-0.2, 0) is 18.0 Å². The highest BCUT2D eigenvalue weighted by atomic mass is 32.2. The van der Waals surface area contributed by atoms with Gasteiger partial charge in [0.2, 0.25) is 5.95 Å². The molecule has 1 fully saturated rings. The van der Waals surface area contributed by atoms with E-state index >= 15 is 0 Å². The van der Waals surface area contributed by atoms with Crippen molar-refractivity contribution in [3.8, 4) is 17.0 Å². The minimum absolute atomic E-state index is 0. The van der Waals surface area contributed by atoms with Crippen LogP contribution in [0.5, 0.6) is 5.75 Å². The number of rotatable bonds is 7. The van der Waals surface area contributed by atoms with Crippen LogP contribution in [-0.4, -0.2) is 43.6 Å². The molecule has 1 unspecified atom stereocenters. The zero-order valence-corrected chi connectivity index (χ0v) is 18.1. The minimum Gasteiger partial charge on any atom is -0.489 e. The zero-order chi connectivity index (χ0) is 20.5. The maximum atomic E-state index is 12.6. The third-order valence-corrected chi connectivity index (χ3v) is 6.12. The number of fused-ring (bicyclic) bond motifs is 1. The summed E-state index contributed by atoms with van der Waals surface area (Å²) in [5.41, 5.74) is 1.32. The predicted molar refractivity (Wildman–Crippen MR) is 119 cm³/mol. The first-order valence-corrected chi connectivity index (χ1v) is 11.2. The van der Waals surface area contributed by atoms with Crippen molar-refractivity contribution >= 4 is 27.7 Å². The van der Waals surface area contributed by atoms with E-state index in [9.17, 15) is 9.00 Å². The molecule has 8 nitrogen and oxygen atoms in total. The highest BCUT2D eigenvalue weighted by Gasteiger charge is 2.24. The second-order valence-corrected chi connectivity index (χ2v) is 8.55. The van der Waals surface area contributed by atoms with Crippen LogP contribution >= 0.6 is 0 Å². The molecule has 1 aliphatic rings. The van der Waals surface area contributed by atoms with Gasteiger partial charge in [-0.15, -0.1) is 0 Å². The molecule has 160 valence electrons. The third kappa shape index (κ3) is 4.22. The minimum atomic E-state index is -1.25. The van der Waals surface area contributed by atoms with E-state index in [-0.39, 0.29) is 11.0 Å². The second kappa shape index (κ2) is 8.93. The Kier molecular flexibility index (Phi) is 6.52. The van der Waals surface area contributed by atoms with Gasteiger partial charge in [0.1, 0.15) is 16.7 Å². The lowest BCUT2D eigenvalue weighted by molar-refractivity contribution is 0.299. The van der Waals surface area contributed by atoms with Gasteiger partial charge in [-0.2, -0.15) is 0 Å². The fraction of sp³-hybridized carbons (Fsp3) is 0.381. The Morgan fingerprint density at radius 2 is 1.97 bits per heavy atom. The summed E-state index contributed by atoms with van der Waals surface area (Å²) in [5.74, 6) is 1.53. The number of hydrogen-bond acceptors (Lipinski definition) is 5. The number of ether oxygens (including phenoxy) is 1. The summed E-state index contributed by atoms with van der Waals surface area (Å²) in [7, 11) is 0.477. The summed E-state index contributed by atoms with van der Waals surface area (Å²) >= 11 is 0. The Morgan fingerprint density at radius 1 is 1.27 bits per heavy atom. The van der Waals surface area contributed by atoms with Gasteiger partial charge in [-0.05, 0) is 37.1 Å². The van der Waals surface area contributed by atoms with E-state index in [1.807, 2.05) is 31.2 Å². The molecule has 0 aliphatic heterocycles. The molecule has 30 heavy (non-hydrogen) atoms. The molecule has 9 heteroatoms. The third-order valence-electron chi connectivity index (χ3n) is 5.08. The van der Waals surface area contributed by atoms with E-state index in [2.05, 4.69) is 4.98 Å². The number of benzene rings is 1. The lowest BCUT2D eigenvalue weighted by atomic mass is 10.0. The number of pyridine rings is 1.